The Labute approximate surface area is 109 Å². The highest BCUT2D eigenvalue weighted by atomic mass is 16.6. The Morgan fingerprint density at radius 1 is 1.33 bits per heavy atom. The second-order valence-corrected chi connectivity index (χ2v) is 5.66. The molecular formula is C16H22O2. The third-order valence-electron chi connectivity index (χ3n) is 4.70. The van der Waals surface area contributed by atoms with E-state index in [0.717, 1.165) is 12.8 Å². The maximum atomic E-state index is 6.22. The molecule has 1 heterocycles. The summed E-state index contributed by atoms with van der Waals surface area (Å²) in [6, 6.07) is 10.4. The predicted molar refractivity (Wildman–Crippen MR) is 71.3 cm³/mol. The van der Waals surface area contributed by atoms with Crippen LogP contribution in [-0.4, -0.2) is 17.8 Å². The van der Waals surface area contributed by atoms with Crippen molar-refractivity contribution in [3.05, 3.63) is 35.9 Å². The quantitative estimate of drug-likeness (QED) is 0.809. The smallest absolute Gasteiger partial charge is 0.0948 e. The number of ether oxygens (including phenoxy) is 2. The molecule has 1 aliphatic carbocycles. The molecule has 4 atom stereocenters. The van der Waals surface area contributed by atoms with Gasteiger partial charge >= 0.3 is 0 Å². The Kier molecular flexibility index (Phi) is 3.16. The number of hydrogen-bond acceptors (Lipinski definition) is 2. The first-order valence-electron chi connectivity index (χ1n) is 7.08. The molecule has 1 aromatic carbocycles. The number of benzene rings is 1. The van der Waals surface area contributed by atoms with Crippen LogP contribution in [0.5, 0.6) is 0 Å². The average Bonchev–Trinajstić information content (AvgIpc) is 2.89. The zero-order valence-corrected chi connectivity index (χ0v) is 11.3. The van der Waals surface area contributed by atoms with Crippen LogP contribution in [0, 0.1) is 5.92 Å². The molecule has 0 unspecified atom stereocenters. The van der Waals surface area contributed by atoms with Crippen LogP contribution < -0.4 is 0 Å². The van der Waals surface area contributed by atoms with E-state index < -0.39 is 0 Å². The maximum absolute atomic E-state index is 6.22. The standard InChI is InChI=1S/C16H22O2/c1-3-16-10-9-14(12(2)18-16)15(16)17-11-13-7-5-4-6-8-13/h4-8,12,14-15H,3,9-11H2,1-2H3/t12-,14-,15-,16-/m0/s1. The number of hydrogen-bond donors (Lipinski definition) is 0. The van der Waals surface area contributed by atoms with E-state index in [1.165, 1.54) is 12.0 Å². The molecule has 2 bridgehead atoms. The van der Waals surface area contributed by atoms with Crippen molar-refractivity contribution in [2.45, 2.75) is 57.5 Å². The van der Waals surface area contributed by atoms with Gasteiger partial charge in [-0.15, -0.1) is 0 Å². The van der Waals surface area contributed by atoms with E-state index in [0.29, 0.717) is 18.6 Å². The highest BCUT2D eigenvalue weighted by Crippen LogP contribution is 2.51. The van der Waals surface area contributed by atoms with Gasteiger partial charge in [-0.2, -0.15) is 0 Å². The van der Waals surface area contributed by atoms with Gasteiger partial charge in [0.15, 0.2) is 0 Å². The Morgan fingerprint density at radius 3 is 2.78 bits per heavy atom. The van der Waals surface area contributed by atoms with Gasteiger partial charge in [-0.25, -0.2) is 0 Å². The average molecular weight is 246 g/mol. The minimum atomic E-state index is -0.00113. The predicted octanol–water partition coefficient (Wildman–Crippen LogP) is 3.55. The largest absolute Gasteiger partial charge is 0.370 e. The molecule has 1 aliphatic heterocycles. The van der Waals surface area contributed by atoms with Crippen LogP contribution in [0.1, 0.15) is 38.7 Å². The van der Waals surface area contributed by atoms with Crippen molar-refractivity contribution >= 4 is 0 Å². The summed E-state index contributed by atoms with van der Waals surface area (Å²) in [4.78, 5) is 0. The summed E-state index contributed by atoms with van der Waals surface area (Å²) in [5.74, 6) is 0.591. The van der Waals surface area contributed by atoms with Crippen molar-refractivity contribution in [2.24, 2.45) is 5.92 Å². The van der Waals surface area contributed by atoms with E-state index in [4.69, 9.17) is 9.47 Å². The normalized spacial score (nSPS) is 38.2. The number of rotatable bonds is 4. The van der Waals surface area contributed by atoms with Gasteiger partial charge in [0.1, 0.15) is 0 Å². The lowest BCUT2D eigenvalue weighted by atomic mass is 9.95. The first-order chi connectivity index (χ1) is 8.75. The molecule has 2 fully saturated rings. The highest BCUT2D eigenvalue weighted by molar-refractivity contribution is 5.14. The van der Waals surface area contributed by atoms with Gasteiger partial charge in [0.2, 0.25) is 0 Å². The fraction of sp³-hybridized carbons (Fsp3) is 0.625. The van der Waals surface area contributed by atoms with Crippen molar-refractivity contribution in [2.75, 3.05) is 0 Å². The van der Waals surface area contributed by atoms with Gasteiger partial charge in [-0.3, -0.25) is 0 Å². The molecule has 0 aromatic heterocycles. The lowest BCUT2D eigenvalue weighted by Gasteiger charge is -2.30. The minimum absolute atomic E-state index is 0.00113. The van der Waals surface area contributed by atoms with E-state index in [1.807, 2.05) is 6.07 Å². The summed E-state index contributed by atoms with van der Waals surface area (Å²) in [5.41, 5.74) is 1.25. The lowest BCUT2D eigenvalue weighted by Crippen LogP contribution is -2.37. The van der Waals surface area contributed by atoms with Gasteiger partial charge in [0.25, 0.3) is 0 Å². The molecular weight excluding hydrogens is 224 g/mol. The molecule has 1 saturated carbocycles. The van der Waals surface area contributed by atoms with Crippen molar-refractivity contribution in [1.82, 2.24) is 0 Å². The molecule has 0 amide bonds. The zero-order valence-electron chi connectivity index (χ0n) is 11.3. The molecule has 98 valence electrons. The molecule has 2 aliphatic rings. The molecule has 0 spiro atoms. The van der Waals surface area contributed by atoms with Crippen LogP contribution in [0.25, 0.3) is 0 Å². The van der Waals surface area contributed by atoms with Gasteiger partial charge < -0.3 is 9.47 Å². The molecule has 3 rings (SSSR count). The zero-order chi connectivity index (χ0) is 12.6. The summed E-state index contributed by atoms with van der Waals surface area (Å²) < 4.78 is 12.4. The first kappa shape index (κ1) is 12.2. The minimum Gasteiger partial charge on any atom is -0.370 e. The molecule has 18 heavy (non-hydrogen) atoms. The van der Waals surface area contributed by atoms with Crippen LogP contribution in [0.4, 0.5) is 0 Å². The summed E-state index contributed by atoms with van der Waals surface area (Å²) in [6.07, 6.45) is 4.14. The second kappa shape index (κ2) is 4.67. The first-order valence-corrected chi connectivity index (χ1v) is 7.08. The van der Waals surface area contributed by atoms with E-state index in [9.17, 15) is 0 Å². The van der Waals surface area contributed by atoms with E-state index >= 15 is 0 Å². The lowest BCUT2D eigenvalue weighted by molar-refractivity contribution is -0.105. The third kappa shape index (κ3) is 1.88. The van der Waals surface area contributed by atoms with Crippen molar-refractivity contribution in [3.63, 3.8) is 0 Å². The Hall–Kier alpha value is -0.860. The topological polar surface area (TPSA) is 18.5 Å². The van der Waals surface area contributed by atoms with Crippen LogP contribution in [0.15, 0.2) is 30.3 Å². The summed E-state index contributed by atoms with van der Waals surface area (Å²) in [6.45, 7) is 5.12. The molecule has 0 N–H and O–H groups in total. The van der Waals surface area contributed by atoms with E-state index in [2.05, 4.69) is 38.1 Å². The fourth-order valence-electron chi connectivity index (χ4n) is 3.66. The van der Waals surface area contributed by atoms with Gasteiger partial charge in [0.05, 0.1) is 24.4 Å². The summed E-state index contributed by atoms with van der Waals surface area (Å²) in [5, 5.41) is 0. The molecule has 0 radical (unpaired) electrons. The van der Waals surface area contributed by atoms with Crippen LogP contribution in [0.3, 0.4) is 0 Å². The molecule has 2 heteroatoms. The molecule has 2 nitrogen and oxygen atoms in total. The Balaban J connectivity index is 1.69. The van der Waals surface area contributed by atoms with Gasteiger partial charge in [-0.1, -0.05) is 37.3 Å². The van der Waals surface area contributed by atoms with Crippen molar-refractivity contribution in [3.8, 4) is 0 Å². The molecule has 1 saturated heterocycles. The highest BCUT2D eigenvalue weighted by Gasteiger charge is 2.58. The van der Waals surface area contributed by atoms with E-state index in [-0.39, 0.29) is 11.7 Å². The fourth-order valence-corrected chi connectivity index (χ4v) is 3.66. The van der Waals surface area contributed by atoms with Gasteiger partial charge in [0, 0.05) is 5.92 Å². The SMILES string of the molecule is CC[C@@]12CC[C@@H]([C@H](C)O1)[C@@H]2OCc1ccccc1. The van der Waals surface area contributed by atoms with Crippen LogP contribution in [-0.2, 0) is 16.1 Å². The second-order valence-electron chi connectivity index (χ2n) is 5.66. The Morgan fingerprint density at radius 2 is 2.11 bits per heavy atom. The summed E-state index contributed by atoms with van der Waals surface area (Å²) in [7, 11) is 0. The maximum Gasteiger partial charge on any atom is 0.0948 e. The molecule has 1 aromatic rings. The van der Waals surface area contributed by atoms with Crippen LogP contribution >= 0.6 is 0 Å². The van der Waals surface area contributed by atoms with Crippen LogP contribution in [0.2, 0.25) is 0 Å². The Bertz CT molecular complexity index is 403. The van der Waals surface area contributed by atoms with Crippen molar-refractivity contribution in [1.29, 1.82) is 0 Å². The number of fused-ring (bicyclic) bond motifs is 2. The van der Waals surface area contributed by atoms with Gasteiger partial charge in [-0.05, 0) is 31.7 Å². The summed E-state index contributed by atoms with van der Waals surface area (Å²) >= 11 is 0. The van der Waals surface area contributed by atoms with E-state index in [1.54, 1.807) is 0 Å². The monoisotopic (exact) mass is 246 g/mol. The van der Waals surface area contributed by atoms with Crippen molar-refractivity contribution < 1.29 is 9.47 Å². The third-order valence-corrected chi connectivity index (χ3v) is 4.70.